The number of carbonyl (C=O) groups excluding carboxylic acids is 1. The molecule has 0 N–H and O–H groups in total. The van der Waals surface area contributed by atoms with Gasteiger partial charge in [-0.1, -0.05) is 6.92 Å². The SMILES string of the molecule is CSCCC(C)CCC=O. The molecule has 0 rings (SSSR count). The number of thioether (sulfide) groups is 1. The lowest BCUT2D eigenvalue weighted by molar-refractivity contribution is -0.108. The Bertz CT molecular complexity index is 83.3. The molecule has 0 aromatic heterocycles. The van der Waals surface area contributed by atoms with Crippen molar-refractivity contribution in [3.05, 3.63) is 0 Å². The first kappa shape index (κ1) is 10.0. The van der Waals surface area contributed by atoms with Gasteiger partial charge >= 0.3 is 0 Å². The topological polar surface area (TPSA) is 17.1 Å². The molecule has 0 radical (unpaired) electrons. The van der Waals surface area contributed by atoms with Crippen LogP contribution in [0.5, 0.6) is 0 Å². The van der Waals surface area contributed by atoms with E-state index in [1.165, 1.54) is 12.2 Å². The smallest absolute Gasteiger partial charge is 0.120 e. The van der Waals surface area contributed by atoms with Crippen LogP contribution in [0.4, 0.5) is 0 Å². The van der Waals surface area contributed by atoms with Crippen molar-refractivity contribution in [3.63, 3.8) is 0 Å². The highest BCUT2D eigenvalue weighted by Gasteiger charge is 1.99. The summed E-state index contributed by atoms with van der Waals surface area (Å²) in [5, 5.41) is 0. The predicted molar refractivity (Wildman–Crippen MR) is 47.5 cm³/mol. The highest BCUT2D eigenvalue weighted by atomic mass is 32.2. The number of hydrogen-bond acceptors (Lipinski definition) is 2. The molecule has 2 heteroatoms. The fraction of sp³-hybridized carbons (Fsp3) is 0.875. The van der Waals surface area contributed by atoms with Crippen molar-refractivity contribution in [2.75, 3.05) is 12.0 Å². The summed E-state index contributed by atoms with van der Waals surface area (Å²) in [6.45, 7) is 2.21. The Morgan fingerprint density at radius 1 is 1.50 bits per heavy atom. The molecule has 0 aliphatic rings. The van der Waals surface area contributed by atoms with E-state index >= 15 is 0 Å². The second kappa shape index (κ2) is 7.13. The van der Waals surface area contributed by atoms with E-state index in [-0.39, 0.29) is 0 Å². The average Bonchev–Trinajstić information content (AvgIpc) is 1.97. The second-order valence-corrected chi connectivity index (χ2v) is 3.62. The van der Waals surface area contributed by atoms with Crippen molar-refractivity contribution in [2.45, 2.75) is 26.2 Å². The van der Waals surface area contributed by atoms with Crippen molar-refractivity contribution in [3.8, 4) is 0 Å². The maximum atomic E-state index is 9.98. The summed E-state index contributed by atoms with van der Waals surface area (Å²) in [6, 6.07) is 0. The Balaban J connectivity index is 3.07. The van der Waals surface area contributed by atoms with Gasteiger partial charge in [0.1, 0.15) is 6.29 Å². The third kappa shape index (κ3) is 6.14. The summed E-state index contributed by atoms with van der Waals surface area (Å²) in [4.78, 5) is 9.98. The summed E-state index contributed by atoms with van der Waals surface area (Å²) in [5.41, 5.74) is 0. The van der Waals surface area contributed by atoms with Gasteiger partial charge in [0.05, 0.1) is 0 Å². The molecule has 0 aliphatic carbocycles. The first-order valence-electron chi connectivity index (χ1n) is 3.73. The first-order chi connectivity index (χ1) is 4.81. The van der Waals surface area contributed by atoms with Gasteiger partial charge in [-0.3, -0.25) is 0 Å². The van der Waals surface area contributed by atoms with Crippen molar-refractivity contribution in [1.29, 1.82) is 0 Å². The molecule has 10 heavy (non-hydrogen) atoms. The van der Waals surface area contributed by atoms with Crippen LogP contribution in [-0.4, -0.2) is 18.3 Å². The van der Waals surface area contributed by atoms with E-state index in [0.29, 0.717) is 0 Å². The summed E-state index contributed by atoms with van der Waals surface area (Å²) in [7, 11) is 0. The molecule has 1 unspecified atom stereocenters. The average molecular weight is 160 g/mol. The Morgan fingerprint density at radius 3 is 2.70 bits per heavy atom. The quantitative estimate of drug-likeness (QED) is 0.555. The number of carbonyl (C=O) groups is 1. The van der Waals surface area contributed by atoms with Crippen LogP contribution in [0.2, 0.25) is 0 Å². The molecule has 0 amide bonds. The van der Waals surface area contributed by atoms with Gasteiger partial charge in [-0.15, -0.1) is 0 Å². The minimum absolute atomic E-state index is 0.720. The van der Waals surface area contributed by atoms with Gasteiger partial charge in [0.15, 0.2) is 0 Å². The Kier molecular flexibility index (Phi) is 7.15. The van der Waals surface area contributed by atoms with Crippen LogP contribution in [0.25, 0.3) is 0 Å². The maximum Gasteiger partial charge on any atom is 0.120 e. The molecular weight excluding hydrogens is 144 g/mol. The Labute approximate surface area is 67.6 Å². The Hall–Kier alpha value is 0.0200. The van der Waals surface area contributed by atoms with Crippen LogP contribution in [0, 0.1) is 5.92 Å². The number of aldehydes is 1. The zero-order valence-electron chi connectivity index (χ0n) is 6.80. The third-order valence-corrected chi connectivity index (χ3v) is 2.24. The number of rotatable bonds is 6. The van der Waals surface area contributed by atoms with E-state index in [1.54, 1.807) is 0 Å². The normalized spacial score (nSPS) is 13.0. The third-order valence-electron chi connectivity index (χ3n) is 1.59. The molecule has 0 aromatic carbocycles. The van der Waals surface area contributed by atoms with Gasteiger partial charge < -0.3 is 4.79 Å². The van der Waals surface area contributed by atoms with E-state index in [0.717, 1.165) is 25.0 Å². The molecule has 0 aliphatic heterocycles. The lowest BCUT2D eigenvalue weighted by Crippen LogP contribution is -1.96. The largest absolute Gasteiger partial charge is 0.303 e. The van der Waals surface area contributed by atoms with Gasteiger partial charge in [0.25, 0.3) is 0 Å². The highest BCUT2D eigenvalue weighted by molar-refractivity contribution is 7.98. The molecule has 0 heterocycles. The fourth-order valence-electron chi connectivity index (χ4n) is 0.816. The van der Waals surface area contributed by atoms with Crippen LogP contribution in [0.3, 0.4) is 0 Å². The monoisotopic (exact) mass is 160 g/mol. The molecule has 0 bridgehead atoms. The fourth-order valence-corrected chi connectivity index (χ4v) is 1.45. The van der Waals surface area contributed by atoms with Crippen molar-refractivity contribution >= 4 is 18.0 Å². The van der Waals surface area contributed by atoms with Crippen LogP contribution >= 0.6 is 11.8 Å². The van der Waals surface area contributed by atoms with Crippen LogP contribution in [0.15, 0.2) is 0 Å². The van der Waals surface area contributed by atoms with Crippen molar-refractivity contribution < 1.29 is 4.79 Å². The molecular formula is C8H16OS. The van der Waals surface area contributed by atoms with Crippen LogP contribution in [0.1, 0.15) is 26.2 Å². The van der Waals surface area contributed by atoms with E-state index in [4.69, 9.17) is 0 Å². The van der Waals surface area contributed by atoms with Gasteiger partial charge in [-0.05, 0) is 30.8 Å². The number of hydrogen-bond donors (Lipinski definition) is 0. The van der Waals surface area contributed by atoms with E-state index < -0.39 is 0 Å². The van der Waals surface area contributed by atoms with Crippen molar-refractivity contribution in [2.24, 2.45) is 5.92 Å². The lowest BCUT2D eigenvalue weighted by atomic mass is 10.0. The van der Waals surface area contributed by atoms with Gasteiger partial charge in [-0.2, -0.15) is 11.8 Å². The molecule has 1 atom stereocenters. The molecule has 0 saturated heterocycles. The first-order valence-corrected chi connectivity index (χ1v) is 5.13. The zero-order valence-corrected chi connectivity index (χ0v) is 7.62. The van der Waals surface area contributed by atoms with E-state index in [1.807, 2.05) is 11.8 Å². The van der Waals surface area contributed by atoms with E-state index in [2.05, 4.69) is 13.2 Å². The van der Waals surface area contributed by atoms with Gasteiger partial charge in [-0.25, -0.2) is 0 Å². The maximum absolute atomic E-state index is 9.98. The van der Waals surface area contributed by atoms with Gasteiger partial charge in [0, 0.05) is 6.42 Å². The summed E-state index contributed by atoms with van der Waals surface area (Å²) in [6.07, 6.45) is 6.16. The standard InChI is InChI=1S/C8H16OS/c1-8(4-3-6-9)5-7-10-2/h6,8H,3-5,7H2,1-2H3. The van der Waals surface area contributed by atoms with E-state index in [9.17, 15) is 4.79 Å². The Morgan fingerprint density at radius 2 is 2.20 bits per heavy atom. The minimum Gasteiger partial charge on any atom is -0.303 e. The predicted octanol–water partition coefficient (Wildman–Crippen LogP) is 2.35. The van der Waals surface area contributed by atoms with Crippen LogP contribution in [-0.2, 0) is 4.79 Å². The lowest BCUT2D eigenvalue weighted by Gasteiger charge is -2.06. The zero-order chi connectivity index (χ0) is 7.82. The summed E-state index contributed by atoms with van der Waals surface area (Å²) < 4.78 is 0. The molecule has 0 saturated carbocycles. The molecule has 0 spiro atoms. The second-order valence-electron chi connectivity index (χ2n) is 2.63. The minimum atomic E-state index is 0.720. The summed E-state index contributed by atoms with van der Waals surface area (Å²) >= 11 is 1.88. The summed E-state index contributed by atoms with van der Waals surface area (Å²) in [5.74, 6) is 1.94. The molecule has 0 aromatic rings. The van der Waals surface area contributed by atoms with Gasteiger partial charge in [0.2, 0.25) is 0 Å². The highest BCUT2D eigenvalue weighted by Crippen LogP contribution is 2.11. The van der Waals surface area contributed by atoms with Crippen LogP contribution < -0.4 is 0 Å². The molecule has 1 nitrogen and oxygen atoms in total. The molecule has 60 valence electrons. The molecule has 0 fully saturated rings. The van der Waals surface area contributed by atoms with Crippen molar-refractivity contribution in [1.82, 2.24) is 0 Å².